The van der Waals surface area contributed by atoms with Gasteiger partial charge in [0, 0.05) is 9.86 Å². The lowest BCUT2D eigenvalue weighted by Crippen LogP contribution is -1.82. The molecular formula is C13H9BrO3. The van der Waals surface area contributed by atoms with Crippen LogP contribution >= 0.6 is 15.9 Å². The summed E-state index contributed by atoms with van der Waals surface area (Å²) in [5, 5.41) is 0.968. The van der Waals surface area contributed by atoms with Gasteiger partial charge in [0.25, 0.3) is 0 Å². The lowest BCUT2D eigenvalue weighted by atomic mass is 10.2. The molecule has 0 saturated heterocycles. The minimum absolute atomic E-state index is 0.690. The third-order valence-electron chi connectivity index (χ3n) is 2.58. The van der Waals surface area contributed by atoms with Gasteiger partial charge in [-0.05, 0) is 30.3 Å². The molecule has 2 heterocycles. The molecule has 86 valence electrons. The van der Waals surface area contributed by atoms with E-state index in [4.69, 9.17) is 13.6 Å². The fourth-order valence-electron chi connectivity index (χ4n) is 1.77. The molecule has 0 atom stereocenters. The Hall–Kier alpha value is -1.68. The fourth-order valence-corrected chi connectivity index (χ4v) is 2.19. The Balaban J connectivity index is 2.28. The van der Waals surface area contributed by atoms with Crippen molar-refractivity contribution in [2.45, 2.75) is 0 Å². The molecule has 0 bridgehead atoms. The van der Waals surface area contributed by atoms with E-state index in [0.717, 1.165) is 9.86 Å². The second kappa shape index (κ2) is 3.96. The summed E-state index contributed by atoms with van der Waals surface area (Å²) in [7, 11) is 1.62. The van der Waals surface area contributed by atoms with Gasteiger partial charge in [0.15, 0.2) is 22.9 Å². The second-order valence-electron chi connectivity index (χ2n) is 3.58. The van der Waals surface area contributed by atoms with Crippen LogP contribution in [0.4, 0.5) is 0 Å². The van der Waals surface area contributed by atoms with Crippen LogP contribution in [0.5, 0.6) is 5.75 Å². The maximum absolute atomic E-state index is 5.77. The molecule has 3 nitrogen and oxygen atoms in total. The average molecular weight is 293 g/mol. The van der Waals surface area contributed by atoms with E-state index >= 15 is 0 Å². The Morgan fingerprint density at radius 3 is 2.76 bits per heavy atom. The number of furan rings is 2. The summed E-state index contributed by atoms with van der Waals surface area (Å²) in [5.74, 6) is 2.10. The molecule has 17 heavy (non-hydrogen) atoms. The molecule has 1 aromatic carbocycles. The largest absolute Gasteiger partial charge is 0.493 e. The van der Waals surface area contributed by atoms with Crippen LogP contribution in [0.1, 0.15) is 0 Å². The third-order valence-corrected chi connectivity index (χ3v) is 3.27. The van der Waals surface area contributed by atoms with E-state index in [2.05, 4.69) is 15.9 Å². The number of methoxy groups -OCH3 is 1. The third kappa shape index (κ3) is 1.65. The lowest BCUT2D eigenvalue weighted by Gasteiger charge is -2.00. The van der Waals surface area contributed by atoms with Crippen LogP contribution in [0, 0.1) is 0 Å². The number of benzene rings is 1. The first-order valence-electron chi connectivity index (χ1n) is 5.09. The molecule has 0 amide bonds. The number of hydrogen-bond donors (Lipinski definition) is 0. The Kier molecular flexibility index (Phi) is 2.44. The van der Waals surface area contributed by atoms with Gasteiger partial charge in [0.1, 0.15) is 0 Å². The number of fused-ring (bicyclic) bond motifs is 1. The Morgan fingerprint density at radius 1 is 1.18 bits per heavy atom. The summed E-state index contributed by atoms with van der Waals surface area (Å²) in [6.07, 6.45) is 1.62. The summed E-state index contributed by atoms with van der Waals surface area (Å²) in [4.78, 5) is 0. The van der Waals surface area contributed by atoms with Crippen LogP contribution in [-0.2, 0) is 0 Å². The molecule has 2 aromatic heterocycles. The molecule has 0 aliphatic carbocycles. The molecule has 0 aliphatic rings. The van der Waals surface area contributed by atoms with Gasteiger partial charge in [-0.25, -0.2) is 0 Å². The van der Waals surface area contributed by atoms with Crippen LogP contribution in [0.2, 0.25) is 0 Å². The summed E-state index contributed by atoms with van der Waals surface area (Å²) in [5.41, 5.74) is 0.716. The van der Waals surface area contributed by atoms with E-state index in [9.17, 15) is 0 Å². The Morgan fingerprint density at radius 2 is 2.06 bits per heavy atom. The SMILES string of the molecule is COc1ccc(Br)c2cc(-c3ccco3)oc12. The van der Waals surface area contributed by atoms with Crippen molar-refractivity contribution in [3.63, 3.8) is 0 Å². The van der Waals surface area contributed by atoms with Crippen molar-refractivity contribution in [2.24, 2.45) is 0 Å². The first kappa shape index (κ1) is 10.5. The summed E-state index contributed by atoms with van der Waals surface area (Å²) < 4.78 is 17.3. The predicted octanol–water partition coefficient (Wildman–Crippen LogP) is 4.46. The zero-order chi connectivity index (χ0) is 11.8. The average Bonchev–Trinajstić information content (AvgIpc) is 2.98. The van der Waals surface area contributed by atoms with E-state index in [1.807, 2.05) is 30.3 Å². The van der Waals surface area contributed by atoms with Gasteiger partial charge in [-0.3, -0.25) is 0 Å². The number of halogens is 1. The normalized spacial score (nSPS) is 10.9. The highest BCUT2D eigenvalue weighted by Gasteiger charge is 2.14. The van der Waals surface area contributed by atoms with Crippen molar-refractivity contribution in [1.82, 2.24) is 0 Å². The van der Waals surface area contributed by atoms with Crippen LogP contribution in [0.25, 0.3) is 22.5 Å². The van der Waals surface area contributed by atoms with Crippen LogP contribution in [0.15, 0.2) is 49.9 Å². The molecule has 0 saturated carbocycles. The molecule has 0 spiro atoms. The van der Waals surface area contributed by atoms with Crippen molar-refractivity contribution in [2.75, 3.05) is 7.11 Å². The maximum Gasteiger partial charge on any atom is 0.177 e. The molecular weight excluding hydrogens is 284 g/mol. The lowest BCUT2D eigenvalue weighted by molar-refractivity contribution is 0.410. The molecule has 3 rings (SSSR count). The van der Waals surface area contributed by atoms with Crippen molar-refractivity contribution >= 4 is 26.9 Å². The zero-order valence-corrected chi connectivity index (χ0v) is 10.7. The van der Waals surface area contributed by atoms with Gasteiger partial charge in [-0.15, -0.1) is 0 Å². The molecule has 0 N–H and O–H groups in total. The van der Waals surface area contributed by atoms with Gasteiger partial charge >= 0.3 is 0 Å². The number of ether oxygens (including phenoxy) is 1. The van der Waals surface area contributed by atoms with Crippen molar-refractivity contribution in [3.05, 3.63) is 41.1 Å². The predicted molar refractivity (Wildman–Crippen MR) is 68.2 cm³/mol. The molecule has 4 heteroatoms. The zero-order valence-electron chi connectivity index (χ0n) is 9.07. The standard InChI is InChI=1S/C13H9BrO3/c1-15-11-5-4-9(14)8-7-12(17-13(8)11)10-3-2-6-16-10/h2-7H,1H3. The van der Waals surface area contributed by atoms with Gasteiger partial charge in [0.05, 0.1) is 13.4 Å². The minimum Gasteiger partial charge on any atom is -0.493 e. The Labute approximate surface area is 106 Å². The van der Waals surface area contributed by atoms with E-state index in [0.29, 0.717) is 22.9 Å². The van der Waals surface area contributed by atoms with Gasteiger partial charge < -0.3 is 13.6 Å². The smallest absolute Gasteiger partial charge is 0.177 e. The van der Waals surface area contributed by atoms with E-state index in [1.165, 1.54) is 0 Å². The quantitative estimate of drug-likeness (QED) is 0.699. The molecule has 0 unspecified atom stereocenters. The number of rotatable bonds is 2. The second-order valence-corrected chi connectivity index (χ2v) is 4.43. The molecule has 3 aromatic rings. The first-order chi connectivity index (χ1) is 8.29. The highest BCUT2D eigenvalue weighted by molar-refractivity contribution is 9.10. The van der Waals surface area contributed by atoms with E-state index in [1.54, 1.807) is 13.4 Å². The van der Waals surface area contributed by atoms with Crippen molar-refractivity contribution in [3.8, 4) is 17.3 Å². The van der Waals surface area contributed by atoms with Crippen LogP contribution in [0.3, 0.4) is 0 Å². The molecule has 0 radical (unpaired) electrons. The first-order valence-corrected chi connectivity index (χ1v) is 5.89. The fraction of sp³-hybridized carbons (Fsp3) is 0.0769. The molecule has 0 fully saturated rings. The van der Waals surface area contributed by atoms with Crippen molar-refractivity contribution < 1.29 is 13.6 Å². The summed E-state index contributed by atoms with van der Waals surface area (Å²) >= 11 is 3.49. The van der Waals surface area contributed by atoms with E-state index in [-0.39, 0.29) is 0 Å². The van der Waals surface area contributed by atoms with Gasteiger partial charge in [-0.1, -0.05) is 15.9 Å². The Bertz CT molecular complexity index is 653. The molecule has 0 aliphatic heterocycles. The van der Waals surface area contributed by atoms with Crippen molar-refractivity contribution in [1.29, 1.82) is 0 Å². The highest BCUT2D eigenvalue weighted by Crippen LogP contribution is 2.37. The van der Waals surface area contributed by atoms with Crippen LogP contribution in [-0.4, -0.2) is 7.11 Å². The highest BCUT2D eigenvalue weighted by atomic mass is 79.9. The monoisotopic (exact) mass is 292 g/mol. The van der Waals surface area contributed by atoms with Crippen LogP contribution < -0.4 is 4.74 Å². The van der Waals surface area contributed by atoms with E-state index < -0.39 is 0 Å². The van der Waals surface area contributed by atoms with Gasteiger partial charge in [-0.2, -0.15) is 0 Å². The van der Waals surface area contributed by atoms with Gasteiger partial charge in [0.2, 0.25) is 0 Å². The summed E-state index contributed by atoms with van der Waals surface area (Å²) in [6.45, 7) is 0. The minimum atomic E-state index is 0.690. The summed E-state index contributed by atoms with van der Waals surface area (Å²) in [6, 6.07) is 9.41. The topological polar surface area (TPSA) is 35.5 Å². The maximum atomic E-state index is 5.77. The number of hydrogen-bond acceptors (Lipinski definition) is 3.